The second-order valence-electron chi connectivity index (χ2n) is 4.62. The van der Waals surface area contributed by atoms with Crippen molar-refractivity contribution < 1.29 is 5.11 Å². The smallest absolute Gasteiger partial charge is 0.0659 e. The lowest BCUT2D eigenvalue weighted by atomic mass is 9.97. The normalized spacial score (nSPS) is 32.0. The molecule has 0 radical (unpaired) electrons. The first-order chi connectivity index (χ1) is 5.49. The molecular formula is C10H20OS. The van der Waals surface area contributed by atoms with Gasteiger partial charge in [0.2, 0.25) is 0 Å². The quantitative estimate of drug-likeness (QED) is 0.683. The summed E-state index contributed by atoms with van der Waals surface area (Å²) in [6.07, 6.45) is 4.66. The van der Waals surface area contributed by atoms with E-state index in [1.54, 1.807) is 0 Å². The fourth-order valence-electron chi connectivity index (χ4n) is 1.67. The molecule has 1 saturated carbocycles. The van der Waals surface area contributed by atoms with Gasteiger partial charge in [-0.1, -0.05) is 33.6 Å². The maximum atomic E-state index is 9.71. The molecule has 2 atom stereocenters. The van der Waals surface area contributed by atoms with Crippen molar-refractivity contribution >= 4 is 11.8 Å². The monoisotopic (exact) mass is 188 g/mol. The first-order valence-corrected chi connectivity index (χ1v) is 5.73. The molecule has 0 aliphatic heterocycles. The van der Waals surface area contributed by atoms with Gasteiger partial charge < -0.3 is 5.11 Å². The Morgan fingerprint density at radius 3 is 2.25 bits per heavy atom. The van der Waals surface area contributed by atoms with Crippen LogP contribution in [0.3, 0.4) is 0 Å². The maximum Gasteiger partial charge on any atom is 0.0659 e. The third kappa shape index (κ3) is 3.36. The number of hydrogen-bond donors (Lipinski definition) is 1. The molecule has 0 heterocycles. The van der Waals surface area contributed by atoms with Crippen LogP contribution in [-0.2, 0) is 0 Å². The van der Waals surface area contributed by atoms with E-state index in [0.29, 0.717) is 10.00 Å². The van der Waals surface area contributed by atoms with E-state index in [0.717, 1.165) is 6.42 Å². The molecule has 1 rings (SSSR count). The molecule has 72 valence electrons. The highest BCUT2D eigenvalue weighted by Crippen LogP contribution is 2.36. The summed E-state index contributed by atoms with van der Waals surface area (Å²) < 4.78 is 0.295. The predicted octanol–water partition coefficient (Wildman–Crippen LogP) is 2.82. The SMILES string of the molecule is CC(C)(C)S[C@@H]1CCCC[C@H]1O. The third-order valence-corrected chi connectivity index (χ3v) is 3.73. The molecule has 0 saturated heterocycles. The number of hydrogen-bond acceptors (Lipinski definition) is 2. The van der Waals surface area contributed by atoms with Crippen LogP contribution in [0.15, 0.2) is 0 Å². The Hall–Kier alpha value is 0.310. The van der Waals surface area contributed by atoms with Crippen molar-refractivity contribution in [1.82, 2.24) is 0 Å². The van der Waals surface area contributed by atoms with Crippen molar-refractivity contribution in [3.8, 4) is 0 Å². The van der Waals surface area contributed by atoms with Crippen molar-refractivity contribution in [2.24, 2.45) is 0 Å². The Kier molecular flexibility index (Phi) is 3.47. The molecule has 1 aliphatic rings. The highest BCUT2D eigenvalue weighted by Gasteiger charge is 2.27. The molecular weight excluding hydrogens is 168 g/mol. The molecule has 2 heteroatoms. The van der Waals surface area contributed by atoms with E-state index in [-0.39, 0.29) is 6.10 Å². The van der Waals surface area contributed by atoms with Crippen molar-refractivity contribution in [2.45, 2.75) is 62.6 Å². The Morgan fingerprint density at radius 1 is 1.17 bits per heavy atom. The summed E-state index contributed by atoms with van der Waals surface area (Å²) in [6, 6.07) is 0. The van der Waals surface area contributed by atoms with Crippen molar-refractivity contribution in [1.29, 1.82) is 0 Å². The summed E-state index contributed by atoms with van der Waals surface area (Å²) in [4.78, 5) is 0. The average molecular weight is 188 g/mol. The minimum Gasteiger partial charge on any atom is -0.392 e. The molecule has 1 N–H and O–H groups in total. The highest BCUT2D eigenvalue weighted by molar-refractivity contribution is 8.01. The lowest BCUT2D eigenvalue weighted by Crippen LogP contribution is -2.30. The average Bonchev–Trinajstić information content (AvgIpc) is 1.91. The molecule has 12 heavy (non-hydrogen) atoms. The largest absolute Gasteiger partial charge is 0.392 e. The van der Waals surface area contributed by atoms with Gasteiger partial charge >= 0.3 is 0 Å². The van der Waals surface area contributed by atoms with Crippen LogP contribution >= 0.6 is 11.8 Å². The Labute approximate surface area is 79.9 Å². The molecule has 1 fully saturated rings. The van der Waals surface area contributed by atoms with E-state index in [4.69, 9.17) is 0 Å². The molecule has 1 nitrogen and oxygen atoms in total. The molecule has 0 unspecified atom stereocenters. The van der Waals surface area contributed by atoms with Crippen molar-refractivity contribution in [3.63, 3.8) is 0 Å². The van der Waals surface area contributed by atoms with Crippen LogP contribution in [0.25, 0.3) is 0 Å². The third-order valence-electron chi connectivity index (χ3n) is 2.17. The van der Waals surface area contributed by atoms with Gasteiger partial charge in [0.15, 0.2) is 0 Å². The number of thioether (sulfide) groups is 1. The van der Waals surface area contributed by atoms with Crippen LogP contribution in [0.4, 0.5) is 0 Å². The van der Waals surface area contributed by atoms with E-state index in [1.165, 1.54) is 19.3 Å². The summed E-state index contributed by atoms with van der Waals surface area (Å²) in [5.41, 5.74) is 0. The highest BCUT2D eigenvalue weighted by atomic mass is 32.2. The van der Waals surface area contributed by atoms with E-state index in [9.17, 15) is 5.11 Å². The second-order valence-corrected chi connectivity index (χ2v) is 6.69. The fraction of sp³-hybridized carbons (Fsp3) is 1.00. The van der Waals surface area contributed by atoms with Gasteiger partial charge in [0.1, 0.15) is 0 Å². The zero-order valence-electron chi connectivity index (χ0n) is 8.34. The van der Waals surface area contributed by atoms with E-state index < -0.39 is 0 Å². The van der Waals surface area contributed by atoms with Gasteiger partial charge in [0.25, 0.3) is 0 Å². The van der Waals surface area contributed by atoms with Crippen LogP contribution in [-0.4, -0.2) is 21.2 Å². The van der Waals surface area contributed by atoms with Crippen molar-refractivity contribution in [3.05, 3.63) is 0 Å². The minimum absolute atomic E-state index is 0.0528. The molecule has 0 aromatic rings. The summed E-state index contributed by atoms with van der Waals surface area (Å²) in [5, 5.41) is 10.2. The zero-order valence-corrected chi connectivity index (χ0v) is 9.16. The van der Waals surface area contributed by atoms with Gasteiger partial charge in [-0.25, -0.2) is 0 Å². The molecule has 0 bridgehead atoms. The van der Waals surface area contributed by atoms with E-state index in [2.05, 4.69) is 20.8 Å². The standard InChI is InChI=1S/C10H20OS/c1-10(2,3)12-9-7-5-4-6-8(9)11/h8-9,11H,4-7H2,1-3H3/t8-,9-/m1/s1. The second kappa shape index (κ2) is 4.01. The molecule has 0 aromatic heterocycles. The summed E-state index contributed by atoms with van der Waals surface area (Å²) in [6.45, 7) is 6.66. The predicted molar refractivity (Wildman–Crippen MR) is 55.6 cm³/mol. The Bertz CT molecular complexity index is 139. The Balaban J connectivity index is 2.39. The van der Waals surface area contributed by atoms with Gasteiger partial charge in [0, 0.05) is 10.00 Å². The Morgan fingerprint density at radius 2 is 1.75 bits per heavy atom. The zero-order chi connectivity index (χ0) is 9.19. The summed E-state index contributed by atoms with van der Waals surface area (Å²) in [5.74, 6) is 0. The van der Waals surface area contributed by atoms with Gasteiger partial charge in [-0.15, -0.1) is 11.8 Å². The maximum absolute atomic E-state index is 9.71. The van der Waals surface area contributed by atoms with Crippen molar-refractivity contribution in [2.75, 3.05) is 0 Å². The first-order valence-electron chi connectivity index (χ1n) is 4.85. The summed E-state index contributed by atoms with van der Waals surface area (Å²) >= 11 is 1.94. The van der Waals surface area contributed by atoms with Gasteiger partial charge in [0.05, 0.1) is 6.10 Å². The lowest BCUT2D eigenvalue weighted by molar-refractivity contribution is 0.136. The number of aliphatic hydroxyl groups excluding tert-OH is 1. The van der Waals surface area contributed by atoms with E-state index >= 15 is 0 Å². The number of rotatable bonds is 1. The van der Waals surface area contributed by atoms with Crippen LogP contribution in [0.2, 0.25) is 0 Å². The van der Waals surface area contributed by atoms with Crippen LogP contribution in [0.1, 0.15) is 46.5 Å². The van der Waals surface area contributed by atoms with Crippen LogP contribution in [0.5, 0.6) is 0 Å². The topological polar surface area (TPSA) is 20.2 Å². The fourth-order valence-corrected chi connectivity index (χ4v) is 3.15. The van der Waals surface area contributed by atoms with Gasteiger partial charge in [-0.2, -0.15) is 0 Å². The molecule has 0 aromatic carbocycles. The minimum atomic E-state index is -0.0528. The van der Waals surface area contributed by atoms with Gasteiger partial charge in [-0.05, 0) is 12.8 Å². The number of aliphatic hydroxyl groups is 1. The van der Waals surface area contributed by atoms with Crippen LogP contribution in [0, 0.1) is 0 Å². The molecule has 1 aliphatic carbocycles. The summed E-state index contributed by atoms with van der Waals surface area (Å²) in [7, 11) is 0. The lowest BCUT2D eigenvalue weighted by Gasteiger charge is -2.32. The van der Waals surface area contributed by atoms with Crippen LogP contribution < -0.4 is 0 Å². The van der Waals surface area contributed by atoms with Gasteiger partial charge in [-0.3, -0.25) is 0 Å². The molecule has 0 amide bonds. The molecule has 0 spiro atoms. The first kappa shape index (κ1) is 10.4. The van der Waals surface area contributed by atoms with E-state index in [1.807, 2.05) is 11.8 Å².